The van der Waals surface area contributed by atoms with Gasteiger partial charge in [0.05, 0.1) is 19.4 Å². The summed E-state index contributed by atoms with van der Waals surface area (Å²) in [5.74, 6) is 0.372. The molecule has 0 aliphatic heterocycles. The number of carbonyl (C=O) groups excluding carboxylic acids is 1. The summed E-state index contributed by atoms with van der Waals surface area (Å²) in [4.78, 5) is 17.8. The lowest BCUT2D eigenvalue weighted by Crippen LogP contribution is -2.32. The molecule has 3 rings (SSSR count). The lowest BCUT2D eigenvalue weighted by atomic mass is 9.95. The zero-order valence-corrected chi connectivity index (χ0v) is 19.4. The molecule has 0 fully saturated rings. The number of Topliss-reactive ketones (excluding diaryl/α,β-unsaturated/α-hetero) is 1. The van der Waals surface area contributed by atoms with Crippen LogP contribution in [0.4, 0.5) is 5.69 Å². The van der Waals surface area contributed by atoms with Gasteiger partial charge in [-0.2, -0.15) is 0 Å². The molecule has 0 aliphatic rings. The molecule has 2 aromatic carbocycles. The second kappa shape index (κ2) is 11.2. The van der Waals surface area contributed by atoms with Gasteiger partial charge < -0.3 is 19.9 Å². The van der Waals surface area contributed by atoms with Gasteiger partial charge >= 0.3 is 0 Å². The maximum atomic E-state index is 13.5. The molecule has 0 spiro atoms. The molecule has 0 aliphatic carbocycles. The van der Waals surface area contributed by atoms with Crippen molar-refractivity contribution in [1.82, 2.24) is 4.98 Å². The van der Waals surface area contributed by atoms with Crippen LogP contribution in [0.1, 0.15) is 28.4 Å². The van der Waals surface area contributed by atoms with Crippen LogP contribution >= 0.6 is 0 Å². The number of aryl methyl sites for hydroxylation is 2. The average Bonchev–Trinajstić information content (AvgIpc) is 2.85. The first-order valence-corrected chi connectivity index (χ1v) is 10.7. The number of methoxy groups -OCH3 is 1. The highest BCUT2D eigenvalue weighted by Crippen LogP contribution is 2.29. The van der Waals surface area contributed by atoms with Gasteiger partial charge in [-0.05, 0) is 19.9 Å². The summed E-state index contributed by atoms with van der Waals surface area (Å²) < 4.78 is 10.8. The summed E-state index contributed by atoms with van der Waals surface area (Å²) >= 11 is 0. The van der Waals surface area contributed by atoms with Gasteiger partial charge in [-0.15, -0.1) is 0 Å². The van der Waals surface area contributed by atoms with E-state index in [-0.39, 0.29) is 18.9 Å². The summed E-state index contributed by atoms with van der Waals surface area (Å²) in [7, 11) is 1.51. The van der Waals surface area contributed by atoms with E-state index in [9.17, 15) is 4.79 Å². The molecule has 8 nitrogen and oxygen atoms in total. The van der Waals surface area contributed by atoms with E-state index in [0.29, 0.717) is 28.3 Å². The summed E-state index contributed by atoms with van der Waals surface area (Å²) in [5, 5.41) is 29.1. The number of nitrogens with one attached hydrogen (secondary N) is 3. The predicted molar refractivity (Wildman–Crippen MR) is 132 cm³/mol. The Hall–Kier alpha value is -4.04. The number of carbonyl (C=O) groups is 1. The third-order valence-electron chi connectivity index (χ3n) is 5.15. The lowest BCUT2D eigenvalue weighted by Gasteiger charge is -2.21. The maximum Gasteiger partial charge on any atom is 0.209 e. The fourth-order valence-corrected chi connectivity index (χ4v) is 3.27. The van der Waals surface area contributed by atoms with Crippen molar-refractivity contribution in [2.45, 2.75) is 19.9 Å². The van der Waals surface area contributed by atoms with Gasteiger partial charge in [-0.3, -0.25) is 20.6 Å². The van der Waals surface area contributed by atoms with Crippen LogP contribution in [0.15, 0.2) is 60.8 Å². The van der Waals surface area contributed by atoms with Crippen LogP contribution < -0.4 is 14.8 Å². The van der Waals surface area contributed by atoms with Gasteiger partial charge in [0.15, 0.2) is 0 Å². The zero-order chi connectivity index (χ0) is 24.7. The minimum atomic E-state index is -0.968. The van der Waals surface area contributed by atoms with Gasteiger partial charge in [0, 0.05) is 46.9 Å². The molecular formula is C26H28N4O4. The average molecular weight is 461 g/mol. The molecule has 1 aromatic heterocycles. The summed E-state index contributed by atoms with van der Waals surface area (Å²) in [6, 6.07) is 14.8. The van der Waals surface area contributed by atoms with E-state index in [0.717, 1.165) is 11.3 Å². The van der Waals surface area contributed by atoms with E-state index in [4.69, 9.17) is 25.4 Å². The number of nitrogens with zero attached hydrogens (tertiary/aromatic N) is 1. The molecule has 0 saturated heterocycles. The van der Waals surface area contributed by atoms with E-state index in [1.807, 2.05) is 26.0 Å². The third-order valence-corrected chi connectivity index (χ3v) is 5.15. The van der Waals surface area contributed by atoms with E-state index in [2.05, 4.69) is 10.3 Å². The molecule has 1 atom stereocenters. The van der Waals surface area contributed by atoms with Gasteiger partial charge in [-0.25, -0.2) is 0 Å². The number of aliphatic hydroxyl groups is 1. The molecule has 0 radical (unpaired) electrons. The van der Waals surface area contributed by atoms with Crippen LogP contribution in [-0.2, 0) is 4.79 Å². The largest absolute Gasteiger partial charge is 0.497 e. The first-order chi connectivity index (χ1) is 16.3. The molecule has 4 N–H and O–H groups in total. The number of aromatic nitrogens is 1. The number of hydrogen-bond donors (Lipinski definition) is 4. The number of aliphatic hydroxyl groups excluding tert-OH is 1. The Balaban J connectivity index is 1.95. The van der Waals surface area contributed by atoms with Crippen molar-refractivity contribution in [2.24, 2.45) is 0 Å². The highest BCUT2D eigenvalue weighted by molar-refractivity contribution is 6.69. The van der Waals surface area contributed by atoms with Gasteiger partial charge in [0.2, 0.25) is 5.78 Å². The van der Waals surface area contributed by atoms with Crippen LogP contribution in [0, 0.1) is 24.7 Å². The molecule has 0 saturated carbocycles. The number of benzene rings is 2. The Morgan fingerprint density at radius 1 is 1.06 bits per heavy atom. The summed E-state index contributed by atoms with van der Waals surface area (Å²) in [6.45, 7) is 3.74. The molecule has 0 amide bonds. The number of anilines is 1. The lowest BCUT2D eigenvalue weighted by molar-refractivity contribution is -0.113. The second-order valence-corrected chi connectivity index (χ2v) is 7.76. The number of ether oxygens (including phenoxy) is 2. The Labute approximate surface area is 198 Å². The van der Waals surface area contributed by atoms with Crippen LogP contribution in [0.25, 0.3) is 0 Å². The molecule has 1 heterocycles. The SMILES string of the molecule is COc1cc(NC(C(=O)C(=N)C(=N)c2ccc(C)cc2)c2ccc(C)nc2)cc(OCCO)c1. The van der Waals surface area contributed by atoms with E-state index in [1.54, 1.807) is 48.7 Å². The van der Waals surface area contributed by atoms with Crippen molar-refractivity contribution in [3.63, 3.8) is 0 Å². The molecular weight excluding hydrogens is 432 g/mol. The Bertz CT molecular complexity index is 1170. The highest BCUT2D eigenvalue weighted by atomic mass is 16.5. The summed E-state index contributed by atoms with van der Waals surface area (Å²) in [5.41, 5.74) is 2.80. The maximum absolute atomic E-state index is 13.5. The molecule has 1 unspecified atom stereocenters. The predicted octanol–water partition coefficient (Wildman–Crippen LogP) is 3.89. The van der Waals surface area contributed by atoms with Crippen molar-refractivity contribution < 1.29 is 19.4 Å². The van der Waals surface area contributed by atoms with Crippen molar-refractivity contribution in [1.29, 1.82) is 10.8 Å². The third kappa shape index (κ3) is 6.05. The van der Waals surface area contributed by atoms with Crippen LogP contribution in [-0.4, -0.2) is 47.6 Å². The van der Waals surface area contributed by atoms with Gasteiger partial charge in [0.1, 0.15) is 29.9 Å². The van der Waals surface area contributed by atoms with Gasteiger partial charge in [-0.1, -0.05) is 35.9 Å². The number of pyridine rings is 1. The normalized spacial score (nSPS) is 11.4. The topological polar surface area (TPSA) is 128 Å². The Morgan fingerprint density at radius 3 is 2.38 bits per heavy atom. The van der Waals surface area contributed by atoms with E-state index in [1.165, 1.54) is 7.11 Å². The first-order valence-electron chi connectivity index (χ1n) is 10.7. The number of hydrogen-bond acceptors (Lipinski definition) is 8. The number of ketones is 1. The van der Waals surface area contributed by atoms with Crippen molar-refractivity contribution in [3.8, 4) is 11.5 Å². The Kier molecular flexibility index (Phi) is 8.10. The standard InChI is InChI=1S/C26H28N4O4/c1-16-4-7-18(8-5-16)23(27)24(28)26(32)25(19-9-6-17(2)29-15-19)30-20-12-21(33-3)14-22(13-20)34-11-10-31/h4-9,12-15,25,27-28,30-31H,10-11H2,1-3H3. The van der Waals surface area contributed by atoms with Crippen LogP contribution in [0.5, 0.6) is 11.5 Å². The molecule has 0 bridgehead atoms. The first kappa shape index (κ1) is 24.6. The monoisotopic (exact) mass is 460 g/mol. The fourth-order valence-electron chi connectivity index (χ4n) is 3.27. The smallest absolute Gasteiger partial charge is 0.209 e. The minimum Gasteiger partial charge on any atom is -0.497 e. The second-order valence-electron chi connectivity index (χ2n) is 7.76. The molecule has 3 aromatic rings. The fraction of sp³-hybridized carbons (Fsp3) is 0.231. The highest BCUT2D eigenvalue weighted by Gasteiger charge is 2.28. The van der Waals surface area contributed by atoms with Crippen LogP contribution in [0.2, 0.25) is 0 Å². The quantitative estimate of drug-likeness (QED) is 0.321. The molecule has 34 heavy (non-hydrogen) atoms. The molecule has 8 heteroatoms. The number of rotatable bonds is 11. The van der Waals surface area contributed by atoms with E-state index >= 15 is 0 Å². The van der Waals surface area contributed by atoms with Crippen LogP contribution in [0.3, 0.4) is 0 Å². The van der Waals surface area contributed by atoms with Crippen molar-refractivity contribution >= 4 is 22.9 Å². The van der Waals surface area contributed by atoms with E-state index < -0.39 is 17.5 Å². The molecule has 176 valence electrons. The van der Waals surface area contributed by atoms with Gasteiger partial charge in [0.25, 0.3) is 0 Å². The van der Waals surface area contributed by atoms with Crippen molar-refractivity contribution in [2.75, 3.05) is 25.6 Å². The minimum absolute atomic E-state index is 0.106. The summed E-state index contributed by atoms with van der Waals surface area (Å²) in [6.07, 6.45) is 1.58. The van der Waals surface area contributed by atoms with Crippen molar-refractivity contribution in [3.05, 3.63) is 83.2 Å². The Morgan fingerprint density at radius 2 is 1.76 bits per heavy atom. The zero-order valence-electron chi connectivity index (χ0n) is 19.4.